The minimum absolute atomic E-state index is 0.191. The van der Waals surface area contributed by atoms with Gasteiger partial charge in [0.05, 0.1) is 19.1 Å². The normalized spacial score (nSPS) is 10.6. The van der Waals surface area contributed by atoms with Crippen molar-refractivity contribution in [2.24, 2.45) is 0 Å². The average Bonchev–Trinajstić information content (AvgIpc) is 3.29. The van der Waals surface area contributed by atoms with E-state index in [1.54, 1.807) is 24.3 Å². The highest BCUT2D eigenvalue weighted by atomic mass is 32.1. The van der Waals surface area contributed by atoms with Gasteiger partial charge in [-0.3, -0.25) is 9.59 Å². The molecular weight excluding hydrogens is 412 g/mol. The summed E-state index contributed by atoms with van der Waals surface area (Å²) >= 11 is 1.52. The quantitative estimate of drug-likeness (QED) is 0.414. The molecule has 0 atom stereocenters. The molecule has 3 rings (SSSR count). The number of hydrogen-bond acceptors (Lipinski definition) is 5. The third-order valence-electron chi connectivity index (χ3n) is 4.34. The second-order valence-electron chi connectivity index (χ2n) is 6.73. The monoisotopic (exact) mass is 434 g/mol. The van der Waals surface area contributed by atoms with Crippen molar-refractivity contribution in [1.82, 2.24) is 5.32 Å². The SMILES string of the molecule is COC(=O)c1cc(CNC(=O)/C=C/c2ccccc2)cc(NC(=O)Cc2ccsc2)c1. The molecule has 0 saturated carbocycles. The number of nitrogens with one attached hydrogen (secondary N) is 2. The molecule has 1 heterocycles. The van der Waals surface area contributed by atoms with E-state index in [0.29, 0.717) is 16.8 Å². The molecule has 0 unspecified atom stereocenters. The second-order valence-corrected chi connectivity index (χ2v) is 7.51. The van der Waals surface area contributed by atoms with Crippen LogP contribution in [0, 0.1) is 0 Å². The van der Waals surface area contributed by atoms with Crippen molar-refractivity contribution in [3.63, 3.8) is 0 Å². The lowest BCUT2D eigenvalue weighted by Gasteiger charge is -2.11. The molecule has 0 aliphatic rings. The van der Waals surface area contributed by atoms with Crippen LogP contribution in [0.15, 0.2) is 71.4 Å². The zero-order chi connectivity index (χ0) is 22.1. The number of carbonyl (C=O) groups excluding carboxylic acids is 3. The average molecular weight is 435 g/mol. The Labute approximate surface area is 184 Å². The Bertz CT molecular complexity index is 1080. The molecule has 3 aromatic rings. The van der Waals surface area contributed by atoms with Crippen molar-refractivity contribution in [3.05, 3.63) is 93.7 Å². The van der Waals surface area contributed by atoms with Crippen molar-refractivity contribution in [1.29, 1.82) is 0 Å². The summed E-state index contributed by atoms with van der Waals surface area (Å²) in [7, 11) is 1.29. The van der Waals surface area contributed by atoms with Crippen LogP contribution < -0.4 is 10.6 Å². The molecule has 158 valence electrons. The fourth-order valence-corrected chi connectivity index (χ4v) is 3.54. The molecule has 0 aliphatic carbocycles. The molecule has 2 aromatic carbocycles. The largest absolute Gasteiger partial charge is 0.465 e. The van der Waals surface area contributed by atoms with Gasteiger partial charge in [-0.05, 0) is 57.8 Å². The van der Waals surface area contributed by atoms with Crippen LogP contribution in [-0.2, 0) is 27.3 Å². The van der Waals surface area contributed by atoms with Gasteiger partial charge < -0.3 is 15.4 Å². The Morgan fingerprint density at radius 2 is 1.84 bits per heavy atom. The molecule has 1 aromatic heterocycles. The van der Waals surface area contributed by atoms with Crippen LogP contribution in [-0.4, -0.2) is 24.9 Å². The summed E-state index contributed by atoms with van der Waals surface area (Å²) in [5, 5.41) is 9.41. The van der Waals surface area contributed by atoms with Crippen LogP contribution in [0.1, 0.15) is 27.0 Å². The minimum Gasteiger partial charge on any atom is -0.465 e. The Morgan fingerprint density at radius 3 is 2.55 bits per heavy atom. The fraction of sp³-hybridized carbons (Fsp3) is 0.125. The Hall–Kier alpha value is -3.71. The lowest BCUT2D eigenvalue weighted by atomic mass is 10.1. The number of ether oxygens (including phenoxy) is 1. The molecule has 2 amide bonds. The topological polar surface area (TPSA) is 84.5 Å². The van der Waals surface area contributed by atoms with Gasteiger partial charge in [0.2, 0.25) is 11.8 Å². The fourth-order valence-electron chi connectivity index (χ4n) is 2.87. The predicted molar refractivity (Wildman–Crippen MR) is 122 cm³/mol. The number of amides is 2. The van der Waals surface area contributed by atoms with E-state index >= 15 is 0 Å². The first kappa shape index (κ1) is 22.0. The smallest absolute Gasteiger partial charge is 0.337 e. The molecule has 0 saturated heterocycles. The summed E-state index contributed by atoms with van der Waals surface area (Å²) in [4.78, 5) is 36.5. The lowest BCUT2D eigenvalue weighted by molar-refractivity contribution is -0.117. The number of thiophene rings is 1. The predicted octanol–water partition coefficient (Wildman–Crippen LogP) is 4.05. The van der Waals surface area contributed by atoms with E-state index in [0.717, 1.165) is 11.1 Å². The van der Waals surface area contributed by atoms with Crippen LogP contribution in [0.3, 0.4) is 0 Å². The second kappa shape index (κ2) is 10.9. The highest BCUT2D eigenvalue weighted by Gasteiger charge is 2.12. The van der Waals surface area contributed by atoms with Gasteiger partial charge in [-0.25, -0.2) is 4.79 Å². The van der Waals surface area contributed by atoms with E-state index in [4.69, 9.17) is 4.74 Å². The van der Waals surface area contributed by atoms with Crippen molar-refractivity contribution in [3.8, 4) is 0 Å². The van der Waals surface area contributed by atoms with Gasteiger partial charge in [0.1, 0.15) is 0 Å². The molecule has 31 heavy (non-hydrogen) atoms. The maximum Gasteiger partial charge on any atom is 0.337 e. The van der Waals surface area contributed by atoms with Crippen molar-refractivity contribution < 1.29 is 19.1 Å². The van der Waals surface area contributed by atoms with Crippen molar-refractivity contribution in [2.75, 3.05) is 12.4 Å². The summed E-state index contributed by atoms with van der Waals surface area (Å²) in [6.07, 6.45) is 3.40. The molecule has 2 N–H and O–H groups in total. The number of esters is 1. The van der Waals surface area contributed by atoms with Crippen LogP contribution in [0.4, 0.5) is 5.69 Å². The molecule has 0 bridgehead atoms. The van der Waals surface area contributed by atoms with Crippen LogP contribution in [0.2, 0.25) is 0 Å². The summed E-state index contributed by atoms with van der Waals surface area (Å²) < 4.78 is 4.80. The van der Waals surface area contributed by atoms with Crippen molar-refractivity contribution >= 4 is 40.9 Å². The number of carbonyl (C=O) groups is 3. The first-order valence-electron chi connectivity index (χ1n) is 9.57. The van der Waals surface area contributed by atoms with Gasteiger partial charge in [-0.1, -0.05) is 30.3 Å². The van der Waals surface area contributed by atoms with E-state index in [1.807, 2.05) is 47.2 Å². The third kappa shape index (κ3) is 6.94. The van der Waals surface area contributed by atoms with E-state index in [2.05, 4.69) is 10.6 Å². The van der Waals surface area contributed by atoms with Gasteiger partial charge in [0.15, 0.2) is 0 Å². The van der Waals surface area contributed by atoms with E-state index in [1.165, 1.54) is 24.5 Å². The summed E-state index contributed by atoms with van der Waals surface area (Å²) in [6, 6.07) is 16.3. The molecule has 0 radical (unpaired) electrons. The first-order chi connectivity index (χ1) is 15.0. The van der Waals surface area contributed by atoms with Crippen LogP contribution in [0.5, 0.6) is 0 Å². The maximum absolute atomic E-state index is 12.3. The minimum atomic E-state index is -0.523. The standard InChI is InChI=1S/C24H22N2O4S/c1-30-24(29)20-11-19(15-25-22(27)8-7-17-5-3-2-4-6-17)12-21(14-20)26-23(28)13-18-9-10-31-16-18/h2-12,14,16H,13,15H2,1H3,(H,25,27)(H,26,28)/b8-7+. The van der Waals surface area contributed by atoms with E-state index in [-0.39, 0.29) is 24.8 Å². The first-order valence-corrected chi connectivity index (χ1v) is 10.5. The Morgan fingerprint density at radius 1 is 1.03 bits per heavy atom. The third-order valence-corrected chi connectivity index (χ3v) is 5.07. The Balaban J connectivity index is 1.67. The molecule has 7 heteroatoms. The number of anilines is 1. The molecule has 0 fully saturated rings. The van der Waals surface area contributed by atoms with E-state index in [9.17, 15) is 14.4 Å². The van der Waals surface area contributed by atoms with Crippen LogP contribution in [0.25, 0.3) is 6.08 Å². The maximum atomic E-state index is 12.3. The number of benzene rings is 2. The molecule has 0 spiro atoms. The molecule has 6 nitrogen and oxygen atoms in total. The number of rotatable bonds is 8. The zero-order valence-electron chi connectivity index (χ0n) is 17.0. The van der Waals surface area contributed by atoms with Gasteiger partial charge in [-0.15, -0.1) is 0 Å². The summed E-state index contributed by atoms with van der Waals surface area (Å²) in [6.45, 7) is 0.191. The van der Waals surface area contributed by atoms with Crippen LogP contribution >= 0.6 is 11.3 Å². The number of hydrogen-bond donors (Lipinski definition) is 2. The molecular formula is C24H22N2O4S. The highest BCUT2D eigenvalue weighted by molar-refractivity contribution is 7.08. The molecule has 0 aliphatic heterocycles. The van der Waals surface area contributed by atoms with Gasteiger partial charge in [0.25, 0.3) is 0 Å². The zero-order valence-corrected chi connectivity index (χ0v) is 17.8. The summed E-state index contributed by atoms with van der Waals surface area (Å²) in [5.41, 5.74) is 3.26. The summed E-state index contributed by atoms with van der Waals surface area (Å²) in [5.74, 6) is -0.984. The Kier molecular flexibility index (Phi) is 7.73. The van der Waals surface area contributed by atoms with Gasteiger partial charge >= 0.3 is 5.97 Å². The lowest BCUT2D eigenvalue weighted by Crippen LogP contribution is -2.21. The van der Waals surface area contributed by atoms with Gasteiger partial charge in [-0.2, -0.15) is 11.3 Å². The highest BCUT2D eigenvalue weighted by Crippen LogP contribution is 2.17. The van der Waals surface area contributed by atoms with E-state index < -0.39 is 5.97 Å². The van der Waals surface area contributed by atoms with Gasteiger partial charge in [0, 0.05) is 18.3 Å². The van der Waals surface area contributed by atoms with Crippen molar-refractivity contribution in [2.45, 2.75) is 13.0 Å². The number of methoxy groups -OCH3 is 1.